The molecule has 0 saturated heterocycles. The summed E-state index contributed by atoms with van der Waals surface area (Å²) >= 11 is 0. The molecule has 1 amide bonds. The predicted molar refractivity (Wildman–Crippen MR) is 134 cm³/mol. The maximum atomic E-state index is 12.6. The molecule has 0 aliphatic carbocycles. The van der Waals surface area contributed by atoms with Gasteiger partial charge in [-0.25, -0.2) is 9.59 Å². The molecule has 4 aromatic carbocycles. The first-order valence-corrected chi connectivity index (χ1v) is 11.2. The SMILES string of the molecule is C=CC(=O)OCCOCCNC(=O)Oc1c2ccccc2c(Oc2ccccc2)c2ccccc12. The summed E-state index contributed by atoms with van der Waals surface area (Å²) in [5, 5.41) is 5.86. The molecule has 0 spiro atoms. The van der Waals surface area contributed by atoms with Crippen LogP contribution in [0.3, 0.4) is 0 Å². The molecule has 1 N–H and O–H groups in total. The fourth-order valence-corrected chi connectivity index (χ4v) is 3.59. The molecule has 0 aliphatic rings. The number of carbonyl (C=O) groups excluding carboxylic acids is 2. The number of para-hydroxylation sites is 1. The van der Waals surface area contributed by atoms with E-state index in [0.717, 1.165) is 27.6 Å². The largest absolute Gasteiger partial charge is 0.460 e. The summed E-state index contributed by atoms with van der Waals surface area (Å²) in [6.45, 7) is 4.13. The molecule has 0 fully saturated rings. The van der Waals surface area contributed by atoms with Crippen molar-refractivity contribution in [1.29, 1.82) is 0 Å². The van der Waals surface area contributed by atoms with E-state index in [4.69, 9.17) is 18.9 Å². The second-order valence-electron chi connectivity index (χ2n) is 7.46. The summed E-state index contributed by atoms with van der Waals surface area (Å²) in [6, 6.07) is 24.9. The van der Waals surface area contributed by atoms with Crippen LogP contribution in [0.2, 0.25) is 0 Å². The molecule has 7 nitrogen and oxygen atoms in total. The van der Waals surface area contributed by atoms with Gasteiger partial charge in [-0.15, -0.1) is 0 Å². The summed E-state index contributed by atoms with van der Waals surface area (Å²) in [6.07, 6.45) is 0.490. The smallest absolute Gasteiger partial charge is 0.412 e. The van der Waals surface area contributed by atoms with E-state index in [0.29, 0.717) is 17.2 Å². The van der Waals surface area contributed by atoms with Crippen LogP contribution in [-0.2, 0) is 14.3 Å². The van der Waals surface area contributed by atoms with Crippen molar-refractivity contribution in [1.82, 2.24) is 5.32 Å². The summed E-state index contributed by atoms with van der Waals surface area (Å²) in [7, 11) is 0. The Morgan fingerprint density at radius 3 is 1.91 bits per heavy atom. The predicted octanol–water partition coefficient (Wildman–Crippen LogP) is 5.62. The van der Waals surface area contributed by atoms with Crippen LogP contribution < -0.4 is 14.8 Å². The van der Waals surface area contributed by atoms with Gasteiger partial charge in [0.15, 0.2) is 0 Å². The molecule has 0 radical (unpaired) electrons. The van der Waals surface area contributed by atoms with Gasteiger partial charge in [-0.3, -0.25) is 0 Å². The topological polar surface area (TPSA) is 83.1 Å². The molecular formula is C28H25NO6. The van der Waals surface area contributed by atoms with Gasteiger partial charge in [-0.2, -0.15) is 0 Å². The van der Waals surface area contributed by atoms with Crippen LogP contribution in [0, 0.1) is 0 Å². The van der Waals surface area contributed by atoms with Gasteiger partial charge in [0.2, 0.25) is 0 Å². The van der Waals surface area contributed by atoms with Gasteiger partial charge in [0, 0.05) is 34.2 Å². The first-order chi connectivity index (χ1) is 17.2. The number of hydrogen-bond acceptors (Lipinski definition) is 6. The molecule has 0 aliphatic heterocycles. The Balaban J connectivity index is 1.50. The van der Waals surface area contributed by atoms with Crippen LogP contribution in [0.1, 0.15) is 0 Å². The second kappa shape index (κ2) is 11.7. The minimum Gasteiger partial charge on any atom is -0.460 e. The normalized spacial score (nSPS) is 10.6. The molecule has 0 unspecified atom stereocenters. The molecule has 4 rings (SSSR count). The van der Waals surface area contributed by atoms with E-state index in [1.807, 2.05) is 78.9 Å². The first-order valence-electron chi connectivity index (χ1n) is 11.2. The quantitative estimate of drug-likeness (QED) is 0.140. The number of ether oxygens (including phenoxy) is 4. The number of rotatable bonds is 10. The minimum absolute atomic E-state index is 0.116. The minimum atomic E-state index is -0.598. The lowest BCUT2D eigenvalue weighted by atomic mass is 10.0. The Hall–Kier alpha value is -4.36. The molecule has 178 valence electrons. The van der Waals surface area contributed by atoms with Gasteiger partial charge in [-0.1, -0.05) is 73.3 Å². The third kappa shape index (κ3) is 5.96. The first kappa shape index (κ1) is 23.8. The second-order valence-corrected chi connectivity index (χ2v) is 7.46. The molecular weight excluding hydrogens is 446 g/mol. The van der Waals surface area contributed by atoms with Crippen molar-refractivity contribution >= 4 is 33.6 Å². The van der Waals surface area contributed by atoms with Crippen molar-refractivity contribution in [3.63, 3.8) is 0 Å². The Kier molecular flexibility index (Phi) is 7.93. The summed E-state index contributed by atoms with van der Waals surface area (Å²) < 4.78 is 22.2. The number of fused-ring (bicyclic) bond motifs is 2. The number of hydrogen-bond donors (Lipinski definition) is 1. The molecule has 0 atom stereocenters. The van der Waals surface area contributed by atoms with Crippen LogP contribution in [-0.4, -0.2) is 38.4 Å². The van der Waals surface area contributed by atoms with E-state index >= 15 is 0 Å². The monoisotopic (exact) mass is 471 g/mol. The zero-order chi connectivity index (χ0) is 24.5. The fraction of sp³-hybridized carbons (Fsp3) is 0.143. The van der Waals surface area contributed by atoms with Gasteiger partial charge in [0.25, 0.3) is 0 Å². The van der Waals surface area contributed by atoms with Crippen molar-refractivity contribution in [2.24, 2.45) is 0 Å². The highest BCUT2D eigenvalue weighted by atomic mass is 16.6. The van der Waals surface area contributed by atoms with Gasteiger partial charge >= 0.3 is 12.1 Å². The Morgan fingerprint density at radius 2 is 1.31 bits per heavy atom. The van der Waals surface area contributed by atoms with Crippen molar-refractivity contribution in [2.45, 2.75) is 0 Å². The molecule has 0 saturated carbocycles. The van der Waals surface area contributed by atoms with Gasteiger partial charge < -0.3 is 24.3 Å². The Bertz CT molecular complexity index is 1280. The average Bonchev–Trinajstić information content (AvgIpc) is 2.90. The molecule has 0 heterocycles. The maximum Gasteiger partial charge on any atom is 0.412 e. The third-order valence-electron chi connectivity index (χ3n) is 5.14. The highest BCUT2D eigenvalue weighted by Crippen LogP contribution is 2.44. The lowest BCUT2D eigenvalue weighted by molar-refractivity contribution is -0.139. The number of carbonyl (C=O) groups is 2. The van der Waals surface area contributed by atoms with E-state index in [1.54, 1.807) is 0 Å². The van der Waals surface area contributed by atoms with E-state index < -0.39 is 12.1 Å². The zero-order valence-corrected chi connectivity index (χ0v) is 19.1. The standard InChI is InChI=1S/C28H25NO6/c1-2-25(30)33-19-18-32-17-16-29-28(31)35-27-23-14-8-6-12-21(23)26(22-13-7-9-15-24(22)27)34-20-10-4-3-5-11-20/h2-15H,1,16-19H2,(H,29,31). The molecule has 35 heavy (non-hydrogen) atoms. The van der Waals surface area contributed by atoms with Crippen LogP contribution in [0.15, 0.2) is 91.5 Å². The van der Waals surface area contributed by atoms with Crippen molar-refractivity contribution in [2.75, 3.05) is 26.4 Å². The Morgan fingerprint density at radius 1 is 0.743 bits per heavy atom. The van der Waals surface area contributed by atoms with Crippen LogP contribution in [0.5, 0.6) is 17.2 Å². The lowest BCUT2D eigenvalue weighted by Gasteiger charge is -2.17. The Labute approximate surface area is 202 Å². The van der Waals surface area contributed by atoms with Gasteiger partial charge in [-0.05, 0) is 12.1 Å². The fourth-order valence-electron chi connectivity index (χ4n) is 3.59. The number of esters is 1. The van der Waals surface area contributed by atoms with E-state index in [9.17, 15) is 9.59 Å². The summed E-state index contributed by atoms with van der Waals surface area (Å²) in [5.74, 6) is 1.36. The maximum absolute atomic E-state index is 12.6. The van der Waals surface area contributed by atoms with Gasteiger partial charge in [0.1, 0.15) is 23.9 Å². The van der Waals surface area contributed by atoms with E-state index in [1.165, 1.54) is 0 Å². The molecule has 4 aromatic rings. The molecule has 0 bridgehead atoms. The van der Waals surface area contributed by atoms with E-state index in [2.05, 4.69) is 11.9 Å². The average molecular weight is 472 g/mol. The van der Waals surface area contributed by atoms with Crippen molar-refractivity contribution < 1.29 is 28.5 Å². The van der Waals surface area contributed by atoms with Gasteiger partial charge in [0.05, 0.1) is 13.2 Å². The van der Waals surface area contributed by atoms with Crippen molar-refractivity contribution in [3.8, 4) is 17.2 Å². The third-order valence-corrected chi connectivity index (χ3v) is 5.14. The zero-order valence-electron chi connectivity index (χ0n) is 19.1. The molecule has 0 aromatic heterocycles. The van der Waals surface area contributed by atoms with E-state index in [-0.39, 0.29) is 26.4 Å². The summed E-state index contributed by atoms with van der Waals surface area (Å²) in [4.78, 5) is 23.6. The van der Waals surface area contributed by atoms with Crippen LogP contribution >= 0.6 is 0 Å². The number of amides is 1. The molecule has 7 heteroatoms. The highest BCUT2D eigenvalue weighted by Gasteiger charge is 2.18. The summed E-state index contributed by atoms with van der Waals surface area (Å²) in [5.41, 5.74) is 0. The number of nitrogens with one attached hydrogen (secondary N) is 1. The van der Waals surface area contributed by atoms with Crippen LogP contribution in [0.4, 0.5) is 4.79 Å². The highest BCUT2D eigenvalue weighted by molar-refractivity contribution is 6.12. The number of benzene rings is 4. The lowest BCUT2D eigenvalue weighted by Crippen LogP contribution is -2.30. The van der Waals surface area contributed by atoms with Crippen LogP contribution in [0.25, 0.3) is 21.5 Å². The van der Waals surface area contributed by atoms with Crippen molar-refractivity contribution in [3.05, 3.63) is 91.5 Å².